The average Bonchev–Trinajstić information content (AvgIpc) is 2.99. The van der Waals surface area contributed by atoms with Crippen molar-refractivity contribution in [2.45, 2.75) is 32.0 Å². The Morgan fingerprint density at radius 1 is 1.09 bits per heavy atom. The first-order chi connectivity index (χ1) is 10.3. The predicted molar refractivity (Wildman–Crippen MR) is 85.4 cm³/mol. The Labute approximate surface area is 137 Å². The highest BCUT2D eigenvalue weighted by Gasteiger charge is 2.70. The number of amides is 2. The van der Waals surface area contributed by atoms with Crippen molar-refractivity contribution in [3.8, 4) is 0 Å². The highest BCUT2D eigenvalue weighted by atomic mass is 79.9. The van der Waals surface area contributed by atoms with E-state index in [0.717, 1.165) is 10.0 Å². The third-order valence-corrected chi connectivity index (χ3v) is 5.99. The van der Waals surface area contributed by atoms with Crippen LogP contribution in [0.25, 0.3) is 0 Å². The smallest absolute Gasteiger partial charge is 0.241 e. The second-order valence-corrected chi connectivity index (χ2v) is 7.56. The van der Waals surface area contributed by atoms with Crippen LogP contribution >= 0.6 is 15.9 Å². The van der Waals surface area contributed by atoms with Crippen LogP contribution in [-0.4, -0.2) is 23.0 Å². The SMILES string of the molecule is Cc1ccc(N2C(=O)[C@@H]3[C@H](C2=O)[C@]2(C)C=C[C@]3(C)O2)cc1Br. The molecule has 2 amide bonds. The second kappa shape index (κ2) is 4.09. The van der Waals surface area contributed by atoms with E-state index in [9.17, 15) is 9.59 Å². The Morgan fingerprint density at radius 2 is 1.64 bits per heavy atom. The molecule has 0 radical (unpaired) electrons. The number of benzene rings is 1. The number of ether oxygens (including phenoxy) is 1. The van der Waals surface area contributed by atoms with E-state index in [0.29, 0.717) is 5.69 Å². The summed E-state index contributed by atoms with van der Waals surface area (Å²) in [6, 6.07) is 5.55. The summed E-state index contributed by atoms with van der Waals surface area (Å²) in [4.78, 5) is 27.1. The molecule has 3 aliphatic rings. The van der Waals surface area contributed by atoms with Gasteiger partial charge in [0.05, 0.1) is 28.7 Å². The van der Waals surface area contributed by atoms with Crippen molar-refractivity contribution in [2.24, 2.45) is 11.8 Å². The fourth-order valence-electron chi connectivity index (χ4n) is 4.01. The topological polar surface area (TPSA) is 46.6 Å². The summed E-state index contributed by atoms with van der Waals surface area (Å²) in [5.41, 5.74) is 0.326. The van der Waals surface area contributed by atoms with Crippen LogP contribution in [0, 0.1) is 18.8 Å². The van der Waals surface area contributed by atoms with Crippen molar-refractivity contribution in [2.75, 3.05) is 4.90 Å². The predicted octanol–water partition coefficient (Wildman–Crippen LogP) is 2.98. The molecule has 3 heterocycles. The van der Waals surface area contributed by atoms with Crippen LogP contribution in [0.4, 0.5) is 5.69 Å². The largest absolute Gasteiger partial charge is 0.359 e. The van der Waals surface area contributed by atoms with Gasteiger partial charge in [-0.15, -0.1) is 0 Å². The first-order valence-corrected chi connectivity index (χ1v) is 8.11. The molecule has 1 aromatic carbocycles. The molecule has 5 heteroatoms. The van der Waals surface area contributed by atoms with E-state index in [1.165, 1.54) is 4.90 Å². The minimum absolute atomic E-state index is 0.165. The summed E-state index contributed by atoms with van der Waals surface area (Å²) in [6.45, 7) is 5.74. The summed E-state index contributed by atoms with van der Waals surface area (Å²) in [6.07, 6.45) is 3.85. The molecule has 114 valence electrons. The molecule has 2 fully saturated rings. The summed E-state index contributed by atoms with van der Waals surface area (Å²) in [5, 5.41) is 0. The Bertz CT molecular complexity index is 722. The molecule has 0 aromatic heterocycles. The maximum Gasteiger partial charge on any atom is 0.241 e. The van der Waals surface area contributed by atoms with E-state index < -0.39 is 23.0 Å². The van der Waals surface area contributed by atoms with Crippen molar-refractivity contribution in [1.29, 1.82) is 0 Å². The van der Waals surface area contributed by atoms with Crippen molar-refractivity contribution >= 4 is 33.4 Å². The minimum atomic E-state index is -0.678. The fourth-order valence-corrected chi connectivity index (χ4v) is 4.37. The van der Waals surface area contributed by atoms with Gasteiger partial charge in [0.1, 0.15) is 0 Å². The number of rotatable bonds is 1. The normalized spacial score (nSPS) is 39.0. The van der Waals surface area contributed by atoms with Crippen LogP contribution in [0.1, 0.15) is 19.4 Å². The van der Waals surface area contributed by atoms with Gasteiger partial charge in [-0.1, -0.05) is 34.1 Å². The van der Waals surface area contributed by atoms with Crippen molar-refractivity contribution in [3.05, 3.63) is 40.4 Å². The molecule has 1 aromatic rings. The van der Waals surface area contributed by atoms with Gasteiger partial charge in [-0.05, 0) is 38.5 Å². The van der Waals surface area contributed by atoms with Crippen molar-refractivity contribution in [1.82, 2.24) is 0 Å². The van der Waals surface area contributed by atoms with E-state index >= 15 is 0 Å². The van der Waals surface area contributed by atoms with Crippen LogP contribution in [0.3, 0.4) is 0 Å². The second-order valence-electron chi connectivity index (χ2n) is 6.70. The Hall–Kier alpha value is -1.46. The molecule has 0 N–H and O–H groups in total. The van der Waals surface area contributed by atoms with E-state index in [-0.39, 0.29) is 11.8 Å². The van der Waals surface area contributed by atoms with Crippen LogP contribution in [0.15, 0.2) is 34.8 Å². The molecule has 0 aliphatic carbocycles. The van der Waals surface area contributed by atoms with Gasteiger partial charge in [0.2, 0.25) is 11.8 Å². The Balaban J connectivity index is 1.81. The number of hydrogen-bond acceptors (Lipinski definition) is 3. The molecule has 2 saturated heterocycles. The van der Waals surface area contributed by atoms with Crippen LogP contribution in [0.2, 0.25) is 0 Å². The molecular formula is C17H16BrNO3. The van der Waals surface area contributed by atoms with Crippen molar-refractivity contribution in [3.63, 3.8) is 0 Å². The zero-order valence-electron chi connectivity index (χ0n) is 12.6. The molecular weight excluding hydrogens is 346 g/mol. The van der Waals surface area contributed by atoms with E-state index in [1.807, 2.05) is 51.1 Å². The number of aryl methyl sites for hydroxylation is 1. The lowest BCUT2D eigenvalue weighted by Gasteiger charge is -2.25. The van der Waals surface area contributed by atoms with Crippen molar-refractivity contribution < 1.29 is 14.3 Å². The molecule has 2 bridgehead atoms. The molecule has 0 spiro atoms. The average molecular weight is 362 g/mol. The highest BCUT2D eigenvalue weighted by Crippen LogP contribution is 2.57. The van der Waals surface area contributed by atoms with Gasteiger partial charge in [-0.3, -0.25) is 9.59 Å². The maximum atomic E-state index is 12.9. The third-order valence-electron chi connectivity index (χ3n) is 5.14. The van der Waals surface area contributed by atoms with Gasteiger partial charge in [0.25, 0.3) is 0 Å². The number of carbonyl (C=O) groups excluding carboxylic acids is 2. The molecule has 0 unspecified atom stereocenters. The number of anilines is 1. The quantitative estimate of drug-likeness (QED) is 0.570. The number of hydrogen-bond donors (Lipinski definition) is 0. The van der Waals surface area contributed by atoms with Gasteiger partial charge >= 0.3 is 0 Å². The van der Waals surface area contributed by atoms with Crippen LogP contribution in [-0.2, 0) is 14.3 Å². The van der Waals surface area contributed by atoms with Gasteiger partial charge in [-0.25, -0.2) is 4.90 Å². The summed E-state index contributed by atoms with van der Waals surface area (Å²) in [7, 11) is 0. The summed E-state index contributed by atoms with van der Waals surface area (Å²) < 4.78 is 6.88. The number of halogens is 1. The first-order valence-electron chi connectivity index (χ1n) is 7.31. The molecule has 22 heavy (non-hydrogen) atoms. The van der Waals surface area contributed by atoms with Crippen LogP contribution in [0.5, 0.6) is 0 Å². The Morgan fingerprint density at radius 3 is 2.14 bits per heavy atom. The van der Waals surface area contributed by atoms with E-state index in [2.05, 4.69) is 15.9 Å². The monoisotopic (exact) mass is 361 g/mol. The molecule has 4 rings (SSSR count). The number of imide groups is 1. The maximum absolute atomic E-state index is 12.9. The lowest BCUT2D eigenvalue weighted by Crippen LogP contribution is -2.39. The lowest BCUT2D eigenvalue weighted by molar-refractivity contribution is -0.128. The molecule has 4 atom stereocenters. The summed E-state index contributed by atoms with van der Waals surface area (Å²) >= 11 is 3.47. The minimum Gasteiger partial charge on any atom is -0.359 e. The third kappa shape index (κ3) is 1.56. The van der Waals surface area contributed by atoms with E-state index in [1.54, 1.807) is 0 Å². The number of nitrogens with zero attached hydrogens (tertiary/aromatic N) is 1. The van der Waals surface area contributed by atoms with E-state index in [4.69, 9.17) is 4.74 Å². The zero-order chi connectivity index (χ0) is 15.9. The van der Waals surface area contributed by atoms with Gasteiger partial charge in [0.15, 0.2) is 0 Å². The molecule has 0 saturated carbocycles. The highest BCUT2D eigenvalue weighted by molar-refractivity contribution is 9.10. The molecule has 3 aliphatic heterocycles. The molecule has 4 nitrogen and oxygen atoms in total. The fraction of sp³-hybridized carbons (Fsp3) is 0.412. The van der Waals surface area contributed by atoms with Gasteiger partial charge in [0, 0.05) is 4.47 Å². The lowest BCUT2D eigenvalue weighted by atomic mass is 9.73. The van der Waals surface area contributed by atoms with Crippen LogP contribution < -0.4 is 4.90 Å². The standard InChI is InChI=1S/C17H16BrNO3/c1-9-4-5-10(8-11(9)18)19-14(20)12-13(15(19)21)17(3)7-6-16(12,2)22-17/h4-8,12-13H,1-3H3/t12-,13+,16-,17-/m0/s1. The zero-order valence-corrected chi connectivity index (χ0v) is 14.2. The Kier molecular flexibility index (Phi) is 2.63. The number of carbonyl (C=O) groups is 2. The number of fused-ring (bicyclic) bond motifs is 5. The van der Waals surface area contributed by atoms with Gasteiger partial charge in [-0.2, -0.15) is 0 Å². The first kappa shape index (κ1) is 14.2. The van der Waals surface area contributed by atoms with Gasteiger partial charge < -0.3 is 4.74 Å². The summed E-state index contributed by atoms with van der Waals surface area (Å²) in [5.74, 6) is -1.20.